The minimum atomic E-state index is -0.339. The third kappa shape index (κ3) is 6.78. The van der Waals surface area contributed by atoms with Crippen LogP contribution in [0.25, 0.3) is 10.9 Å². The van der Waals surface area contributed by atoms with Crippen LogP contribution in [0.15, 0.2) is 85.1 Å². The van der Waals surface area contributed by atoms with Crippen LogP contribution in [-0.2, 0) is 11.3 Å². The summed E-state index contributed by atoms with van der Waals surface area (Å²) in [5, 5.41) is 8.14. The Morgan fingerprint density at radius 2 is 1.69 bits per heavy atom. The molecule has 39 heavy (non-hydrogen) atoms. The van der Waals surface area contributed by atoms with Crippen molar-refractivity contribution in [2.45, 2.75) is 57.0 Å². The summed E-state index contributed by atoms with van der Waals surface area (Å²) in [6.07, 6.45) is 6.87. The zero-order chi connectivity index (χ0) is 27.2. The Balaban J connectivity index is 1.30. The molecule has 3 N–H and O–H groups in total. The van der Waals surface area contributed by atoms with E-state index in [-0.39, 0.29) is 17.9 Å². The van der Waals surface area contributed by atoms with Crippen molar-refractivity contribution in [2.24, 2.45) is 5.92 Å². The number of para-hydroxylation sites is 1. The molecule has 3 aromatic carbocycles. The van der Waals surface area contributed by atoms with Gasteiger partial charge in [0, 0.05) is 35.2 Å². The van der Waals surface area contributed by atoms with Crippen LogP contribution in [0.4, 0.5) is 5.69 Å². The molecule has 0 radical (unpaired) electrons. The van der Waals surface area contributed by atoms with Crippen LogP contribution in [0, 0.1) is 5.92 Å². The van der Waals surface area contributed by atoms with Crippen LogP contribution >= 0.6 is 0 Å². The van der Waals surface area contributed by atoms with Crippen LogP contribution in [0.5, 0.6) is 0 Å². The summed E-state index contributed by atoms with van der Waals surface area (Å²) in [4.78, 5) is 19.4. The first-order valence-electron chi connectivity index (χ1n) is 14.4. The van der Waals surface area contributed by atoms with Crippen molar-refractivity contribution in [1.82, 2.24) is 15.2 Å². The van der Waals surface area contributed by atoms with Gasteiger partial charge in [-0.3, -0.25) is 4.79 Å². The molecule has 0 aliphatic heterocycles. The summed E-state index contributed by atoms with van der Waals surface area (Å²) in [5.41, 5.74) is 5.77. The second kappa shape index (κ2) is 12.6. The Morgan fingerprint density at radius 1 is 0.949 bits per heavy atom. The van der Waals surface area contributed by atoms with Crippen molar-refractivity contribution in [3.8, 4) is 0 Å². The minimum Gasteiger partial charge on any atom is -0.361 e. The summed E-state index contributed by atoms with van der Waals surface area (Å²) in [6.45, 7) is 3.86. The third-order valence-electron chi connectivity index (χ3n) is 8.33. The summed E-state index contributed by atoms with van der Waals surface area (Å²) < 4.78 is 0. The second-order valence-corrected chi connectivity index (χ2v) is 11.5. The Bertz CT molecular complexity index is 1350. The maximum absolute atomic E-state index is 13.8. The van der Waals surface area contributed by atoms with E-state index in [4.69, 9.17) is 0 Å². The monoisotopic (exact) mass is 522 g/mol. The summed E-state index contributed by atoms with van der Waals surface area (Å²) in [7, 11) is 4.11. The normalized spacial score (nSPS) is 19.2. The molecule has 5 nitrogen and oxygen atoms in total. The first kappa shape index (κ1) is 27.2. The number of nitrogens with zero attached hydrogens (tertiary/aromatic N) is 1. The second-order valence-electron chi connectivity index (χ2n) is 11.5. The molecule has 2 atom stereocenters. The van der Waals surface area contributed by atoms with E-state index < -0.39 is 0 Å². The van der Waals surface area contributed by atoms with Crippen LogP contribution in [0.3, 0.4) is 0 Å². The standard InChI is InChI=1S/C34H42N4O/c1-24(31-22-35-32-15-8-7-14-30(31)32)33(34(39)37-29-13-9-10-26(20-29)23-38(2)3)36-21-25-16-18-28(19-17-25)27-11-5-4-6-12-27/h4-15,20,22,24-25,28,33,35-36H,16-19,21,23H2,1-3H3,(H,37,39)/t24-,25?,28?,33+/m0/s1. The molecule has 1 aromatic heterocycles. The molecule has 1 aliphatic rings. The van der Waals surface area contributed by atoms with E-state index in [1.54, 1.807) is 0 Å². The SMILES string of the molecule is C[C@@H](c1c[nH]c2ccccc12)[C@@H](NCC1CCC(c2ccccc2)CC1)C(=O)Nc1cccc(CN(C)C)c1. The fraction of sp³-hybridized carbons (Fsp3) is 0.382. The molecule has 5 heteroatoms. The Kier molecular flexibility index (Phi) is 8.80. The molecule has 204 valence electrons. The smallest absolute Gasteiger partial charge is 0.242 e. The molecule has 1 aliphatic carbocycles. The van der Waals surface area contributed by atoms with Gasteiger partial charge in [0.25, 0.3) is 0 Å². The number of hydrogen-bond acceptors (Lipinski definition) is 3. The average molecular weight is 523 g/mol. The van der Waals surface area contributed by atoms with Gasteiger partial charge < -0.3 is 20.5 Å². The van der Waals surface area contributed by atoms with E-state index in [1.807, 2.05) is 18.2 Å². The van der Waals surface area contributed by atoms with E-state index in [2.05, 4.69) is 108 Å². The summed E-state index contributed by atoms with van der Waals surface area (Å²) >= 11 is 0. The lowest BCUT2D eigenvalue weighted by atomic mass is 9.78. The maximum atomic E-state index is 13.8. The maximum Gasteiger partial charge on any atom is 0.242 e. The minimum absolute atomic E-state index is 0.00626. The molecule has 0 unspecified atom stereocenters. The number of benzene rings is 3. The van der Waals surface area contributed by atoms with Gasteiger partial charge in [-0.05, 0) is 93.0 Å². The summed E-state index contributed by atoms with van der Waals surface area (Å²) in [6, 6.07) is 27.1. The van der Waals surface area contributed by atoms with Gasteiger partial charge in [0.05, 0.1) is 6.04 Å². The number of fused-ring (bicyclic) bond motifs is 1. The molecule has 0 spiro atoms. The van der Waals surface area contributed by atoms with Crippen LogP contribution in [-0.4, -0.2) is 42.5 Å². The Hall–Kier alpha value is -3.41. The van der Waals surface area contributed by atoms with E-state index in [9.17, 15) is 4.79 Å². The number of anilines is 1. The predicted molar refractivity (Wildman–Crippen MR) is 162 cm³/mol. The number of rotatable bonds is 10. The first-order valence-corrected chi connectivity index (χ1v) is 14.4. The van der Waals surface area contributed by atoms with Crippen molar-refractivity contribution in [1.29, 1.82) is 0 Å². The van der Waals surface area contributed by atoms with Crippen LogP contribution < -0.4 is 10.6 Å². The molecule has 1 saturated carbocycles. The number of nitrogens with one attached hydrogen (secondary N) is 3. The van der Waals surface area contributed by atoms with Gasteiger partial charge in [-0.25, -0.2) is 0 Å². The highest BCUT2D eigenvalue weighted by Crippen LogP contribution is 2.36. The lowest BCUT2D eigenvalue weighted by molar-refractivity contribution is -0.118. The number of aromatic amines is 1. The van der Waals surface area contributed by atoms with Crippen LogP contribution in [0.1, 0.15) is 61.1 Å². The van der Waals surface area contributed by atoms with E-state index >= 15 is 0 Å². The molecular weight excluding hydrogens is 480 g/mol. The molecule has 1 fully saturated rings. The molecule has 1 amide bonds. The molecule has 0 saturated heterocycles. The van der Waals surface area contributed by atoms with E-state index in [0.717, 1.165) is 24.3 Å². The highest BCUT2D eigenvalue weighted by Gasteiger charge is 2.30. The highest BCUT2D eigenvalue weighted by molar-refractivity contribution is 5.96. The predicted octanol–water partition coefficient (Wildman–Crippen LogP) is 6.90. The number of hydrogen-bond donors (Lipinski definition) is 3. The van der Waals surface area contributed by atoms with Gasteiger partial charge in [-0.2, -0.15) is 0 Å². The Morgan fingerprint density at radius 3 is 2.46 bits per heavy atom. The number of carbonyl (C=O) groups excluding carboxylic acids is 1. The van der Waals surface area contributed by atoms with Crippen molar-refractivity contribution in [3.63, 3.8) is 0 Å². The van der Waals surface area contributed by atoms with Crippen molar-refractivity contribution >= 4 is 22.5 Å². The molecule has 4 aromatic rings. The molecule has 1 heterocycles. The zero-order valence-electron chi connectivity index (χ0n) is 23.5. The topological polar surface area (TPSA) is 60.2 Å². The first-order chi connectivity index (χ1) is 19.0. The lowest BCUT2D eigenvalue weighted by Crippen LogP contribution is -2.46. The molecule has 0 bridgehead atoms. The van der Waals surface area contributed by atoms with Gasteiger partial charge in [-0.1, -0.05) is 67.6 Å². The van der Waals surface area contributed by atoms with E-state index in [1.165, 1.54) is 47.8 Å². The highest BCUT2D eigenvalue weighted by atomic mass is 16.2. The van der Waals surface area contributed by atoms with Crippen molar-refractivity contribution in [2.75, 3.05) is 26.0 Å². The zero-order valence-corrected chi connectivity index (χ0v) is 23.5. The van der Waals surface area contributed by atoms with Gasteiger partial charge in [0.2, 0.25) is 5.91 Å². The van der Waals surface area contributed by atoms with Gasteiger partial charge in [-0.15, -0.1) is 0 Å². The molecular formula is C34H42N4O. The number of amides is 1. The number of H-pyrrole nitrogens is 1. The largest absolute Gasteiger partial charge is 0.361 e. The van der Waals surface area contributed by atoms with Gasteiger partial charge >= 0.3 is 0 Å². The van der Waals surface area contributed by atoms with Gasteiger partial charge in [0.15, 0.2) is 0 Å². The fourth-order valence-corrected chi connectivity index (χ4v) is 6.20. The number of carbonyl (C=O) groups is 1. The quantitative estimate of drug-likeness (QED) is 0.212. The van der Waals surface area contributed by atoms with Crippen molar-refractivity contribution in [3.05, 3.63) is 102 Å². The number of aromatic nitrogens is 1. The van der Waals surface area contributed by atoms with E-state index in [0.29, 0.717) is 11.8 Å². The van der Waals surface area contributed by atoms with Gasteiger partial charge in [0.1, 0.15) is 0 Å². The average Bonchev–Trinajstić information content (AvgIpc) is 3.38. The summed E-state index contributed by atoms with van der Waals surface area (Å²) in [5.74, 6) is 1.26. The lowest BCUT2D eigenvalue weighted by Gasteiger charge is -2.31. The third-order valence-corrected chi connectivity index (χ3v) is 8.33. The molecule has 5 rings (SSSR count). The van der Waals surface area contributed by atoms with Crippen molar-refractivity contribution < 1.29 is 4.79 Å². The van der Waals surface area contributed by atoms with Crippen LogP contribution in [0.2, 0.25) is 0 Å². The Labute approximate surface area is 233 Å². The fourth-order valence-electron chi connectivity index (χ4n) is 6.20.